The zero-order valence-corrected chi connectivity index (χ0v) is 25.0. The summed E-state index contributed by atoms with van der Waals surface area (Å²) >= 11 is 0. The second-order valence-corrected chi connectivity index (χ2v) is 11.8. The lowest BCUT2D eigenvalue weighted by Crippen LogP contribution is -2.21. The number of urea groups is 1. The van der Waals surface area contributed by atoms with E-state index in [2.05, 4.69) is 41.4 Å². The summed E-state index contributed by atoms with van der Waals surface area (Å²) in [6, 6.07) is 19.1. The van der Waals surface area contributed by atoms with Crippen LogP contribution in [0.4, 0.5) is 16.3 Å². The number of carbonyl (C=O) groups excluding carboxylic acids is 1. The number of nitrogens with zero attached hydrogens (tertiary/aromatic N) is 4. The van der Waals surface area contributed by atoms with Crippen LogP contribution in [0, 0.1) is 6.92 Å². The van der Waals surface area contributed by atoms with Crippen LogP contribution in [0.5, 0.6) is 11.6 Å². The van der Waals surface area contributed by atoms with Gasteiger partial charge in [0.1, 0.15) is 11.6 Å². The van der Waals surface area contributed by atoms with Crippen LogP contribution >= 0.6 is 0 Å². The van der Waals surface area contributed by atoms with Gasteiger partial charge in [0.05, 0.1) is 36.5 Å². The van der Waals surface area contributed by atoms with Gasteiger partial charge in [0.2, 0.25) is 5.88 Å². The van der Waals surface area contributed by atoms with E-state index in [0.717, 1.165) is 65.3 Å². The van der Waals surface area contributed by atoms with Gasteiger partial charge in [0, 0.05) is 46.1 Å². The molecule has 0 unspecified atom stereocenters. The fraction of sp³-hybridized carbons (Fsp3) is 0.294. The maximum Gasteiger partial charge on any atom is 0.324 e. The standard InChI is InChI=1S/C34H36N6O3/c1-22-11-12-24(21-36-22)40-31(20-30(39-40)34(2,3)4)38-33(41)37-28-13-14-29(27-9-6-5-8-26(27)28)42-19-16-23-15-17-35-32-25(23)10-7-18-43-32/h5-6,8-9,11-15,17,20-21H,7,10,16,18-19H2,1-4H3,(H2,37,38,41). The van der Waals surface area contributed by atoms with Gasteiger partial charge < -0.3 is 14.8 Å². The number of amides is 2. The topological polar surface area (TPSA) is 103 Å². The van der Waals surface area contributed by atoms with Crippen LogP contribution in [0.25, 0.3) is 16.5 Å². The fourth-order valence-electron chi connectivity index (χ4n) is 5.22. The number of benzene rings is 2. The Hall–Kier alpha value is -4.92. The summed E-state index contributed by atoms with van der Waals surface area (Å²) in [5, 5.41) is 12.6. The number of hydrogen-bond donors (Lipinski definition) is 2. The molecule has 0 fully saturated rings. The third kappa shape index (κ3) is 6.16. The number of anilines is 2. The molecule has 9 heteroatoms. The Morgan fingerprint density at radius 2 is 1.86 bits per heavy atom. The van der Waals surface area contributed by atoms with Crippen LogP contribution in [0.3, 0.4) is 0 Å². The smallest absolute Gasteiger partial charge is 0.324 e. The summed E-state index contributed by atoms with van der Waals surface area (Å²) in [4.78, 5) is 22.1. The molecule has 2 aromatic carbocycles. The predicted octanol–water partition coefficient (Wildman–Crippen LogP) is 7.01. The molecule has 3 aromatic heterocycles. The lowest BCUT2D eigenvalue weighted by Gasteiger charge is -2.19. The molecule has 0 spiro atoms. The Labute approximate surface area is 251 Å². The Bertz CT molecular complexity index is 1770. The number of aromatic nitrogens is 4. The van der Waals surface area contributed by atoms with Crippen molar-refractivity contribution in [3.8, 4) is 17.3 Å². The maximum absolute atomic E-state index is 13.3. The van der Waals surface area contributed by atoms with E-state index >= 15 is 0 Å². The molecule has 2 N–H and O–H groups in total. The van der Waals surface area contributed by atoms with E-state index in [1.54, 1.807) is 17.1 Å². The molecule has 0 radical (unpaired) electrons. The molecule has 1 aliphatic heterocycles. The zero-order chi connectivity index (χ0) is 30.0. The molecule has 220 valence electrons. The van der Waals surface area contributed by atoms with Crippen LogP contribution in [-0.4, -0.2) is 39.0 Å². The molecule has 0 saturated heterocycles. The molecule has 43 heavy (non-hydrogen) atoms. The van der Waals surface area contributed by atoms with Crippen molar-refractivity contribution in [2.45, 2.75) is 52.4 Å². The fourth-order valence-corrected chi connectivity index (χ4v) is 5.22. The van der Waals surface area contributed by atoms with E-state index in [4.69, 9.17) is 14.6 Å². The van der Waals surface area contributed by atoms with Gasteiger partial charge in [0.25, 0.3) is 0 Å². The summed E-state index contributed by atoms with van der Waals surface area (Å²) in [6.45, 7) is 9.44. The lowest BCUT2D eigenvalue weighted by atomic mass is 9.92. The van der Waals surface area contributed by atoms with E-state index in [1.807, 2.05) is 67.6 Å². The summed E-state index contributed by atoms with van der Waals surface area (Å²) in [5.41, 5.74) is 5.40. The summed E-state index contributed by atoms with van der Waals surface area (Å²) in [5.74, 6) is 2.07. The highest BCUT2D eigenvalue weighted by Gasteiger charge is 2.22. The minimum absolute atomic E-state index is 0.202. The summed E-state index contributed by atoms with van der Waals surface area (Å²) < 4.78 is 13.7. The van der Waals surface area contributed by atoms with Gasteiger partial charge in [-0.1, -0.05) is 45.0 Å². The maximum atomic E-state index is 13.3. The second kappa shape index (κ2) is 11.8. The second-order valence-electron chi connectivity index (χ2n) is 11.8. The molecule has 9 nitrogen and oxygen atoms in total. The SMILES string of the molecule is Cc1ccc(-n2nc(C(C)(C)C)cc2NC(=O)Nc2ccc(OCCc3ccnc4c3CCCO4)c3ccccc23)cn1. The Morgan fingerprint density at radius 3 is 2.65 bits per heavy atom. The van der Waals surface area contributed by atoms with E-state index in [-0.39, 0.29) is 11.4 Å². The number of nitrogens with one attached hydrogen (secondary N) is 2. The van der Waals surface area contributed by atoms with Crippen molar-refractivity contribution in [2.24, 2.45) is 0 Å². The van der Waals surface area contributed by atoms with E-state index in [1.165, 1.54) is 11.1 Å². The molecule has 0 saturated carbocycles. The number of ether oxygens (including phenoxy) is 2. The third-order valence-corrected chi connectivity index (χ3v) is 7.54. The third-order valence-electron chi connectivity index (χ3n) is 7.54. The van der Waals surface area contributed by atoms with Crippen molar-refractivity contribution >= 4 is 28.3 Å². The lowest BCUT2D eigenvalue weighted by molar-refractivity contribution is 0.262. The number of rotatable bonds is 7. The van der Waals surface area contributed by atoms with Gasteiger partial charge >= 0.3 is 6.03 Å². The van der Waals surface area contributed by atoms with Crippen LogP contribution < -0.4 is 20.1 Å². The molecular formula is C34H36N6O3. The van der Waals surface area contributed by atoms with Crippen LogP contribution in [-0.2, 0) is 18.3 Å². The molecule has 5 aromatic rings. The number of hydrogen-bond acceptors (Lipinski definition) is 6. The monoisotopic (exact) mass is 576 g/mol. The molecular weight excluding hydrogens is 540 g/mol. The van der Waals surface area contributed by atoms with E-state index < -0.39 is 0 Å². The molecule has 0 aliphatic carbocycles. The first-order chi connectivity index (χ1) is 20.8. The molecule has 2 amide bonds. The first-order valence-electron chi connectivity index (χ1n) is 14.6. The highest BCUT2D eigenvalue weighted by Crippen LogP contribution is 2.33. The predicted molar refractivity (Wildman–Crippen MR) is 169 cm³/mol. The first-order valence-corrected chi connectivity index (χ1v) is 14.6. The Morgan fingerprint density at radius 1 is 1.02 bits per heavy atom. The van der Waals surface area contributed by atoms with Gasteiger partial charge in [-0.2, -0.15) is 5.10 Å². The molecule has 1 aliphatic rings. The molecule has 0 bridgehead atoms. The van der Waals surface area contributed by atoms with Crippen molar-refractivity contribution < 1.29 is 14.3 Å². The van der Waals surface area contributed by atoms with Gasteiger partial charge in [0.15, 0.2) is 0 Å². The Kier molecular flexibility index (Phi) is 7.71. The minimum Gasteiger partial charge on any atom is -0.493 e. The van der Waals surface area contributed by atoms with Crippen molar-refractivity contribution in [2.75, 3.05) is 23.8 Å². The average molecular weight is 577 g/mol. The Balaban J connectivity index is 1.19. The van der Waals surface area contributed by atoms with Crippen LogP contribution in [0.15, 0.2) is 73.1 Å². The number of pyridine rings is 2. The average Bonchev–Trinajstić information content (AvgIpc) is 3.43. The van der Waals surface area contributed by atoms with Crippen molar-refractivity contribution in [3.05, 3.63) is 95.6 Å². The first kappa shape index (κ1) is 28.2. The van der Waals surface area contributed by atoms with Crippen molar-refractivity contribution in [1.29, 1.82) is 0 Å². The highest BCUT2D eigenvalue weighted by molar-refractivity contribution is 6.07. The number of aryl methyl sites for hydroxylation is 1. The quantitative estimate of drug-likeness (QED) is 0.216. The van der Waals surface area contributed by atoms with Crippen molar-refractivity contribution in [1.82, 2.24) is 19.7 Å². The largest absolute Gasteiger partial charge is 0.493 e. The molecule has 0 atom stereocenters. The molecule has 4 heterocycles. The van der Waals surface area contributed by atoms with E-state index in [9.17, 15) is 4.79 Å². The van der Waals surface area contributed by atoms with Gasteiger partial charge in [-0.3, -0.25) is 10.3 Å². The number of carbonyl (C=O) groups is 1. The van der Waals surface area contributed by atoms with Crippen LogP contribution in [0.1, 0.15) is 49.7 Å². The van der Waals surface area contributed by atoms with Crippen molar-refractivity contribution in [3.63, 3.8) is 0 Å². The normalized spacial score (nSPS) is 12.8. The number of fused-ring (bicyclic) bond motifs is 2. The van der Waals surface area contributed by atoms with Gasteiger partial charge in [-0.25, -0.2) is 14.5 Å². The summed E-state index contributed by atoms with van der Waals surface area (Å²) in [6.07, 6.45) is 6.29. The summed E-state index contributed by atoms with van der Waals surface area (Å²) in [7, 11) is 0. The molecule has 6 rings (SSSR count). The zero-order valence-electron chi connectivity index (χ0n) is 25.0. The highest BCUT2D eigenvalue weighted by atomic mass is 16.5. The minimum atomic E-state index is -0.370. The van der Waals surface area contributed by atoms with Gasteiger partial charge in [-0.05, 0) is 55.7 Å². The van der Waals surface area contributed by atoms with Gasteiger partial charge in [-0.15, -0.1) is 0 Å². The van der Waals surface area contributed by atoms with E-state index in [0.29, 0.717) is 18.1 Å². The van der Waals surface area contributed by atoms with Crippen LogP contribution in [0.2, 0.25) is 0 Å².